The first-order valence-electron chi connectivity index (χ1n) is 8.29. The van der Waals surface area contributed by atoms with E-state index in [0.717, 1.165) is 0 Å². The van der Waals surface area contributed by atoms with E-state index in [4.69, 9.17) is 4.74 Å². The van der Waals surface area contributed by atoms with Gasteiger partial charge in [0.1, 0.15) is 0 Å². The van der Waals surface area contributed by atoms with Crippen molar-refractivity contribution in [2.24, 2.45) is 7.05 Å². The van der Waals surface area contributed by atoms with E-state index >= 15 is 0 Å². The second kappa shape index (κ2) is 7.73. The monoisotopic (exact) mass is 429 g/mol. The summed E-state index contributed by atoms with van der Waals surface area (Å²) < 4.78 is 85.1. The van der Waals surface area contributed by atoms with Crippen molar-refractivity contribution in [1.29, 1.82) is 0 Å². The molecule has 1 N–H and O–H groups in total. The van der Waals surface area contributed by atoms with Gasteiger partial charge in [-0.15, -0.1) is 0 Å². The number of ether oxygens (including phenoxy) is 1. The summed E-state index contributed by atoms with van der Waals surface area (Å²) in [6.07, 6.45) is -7.81. The third-order valence-corrected chi connectivity index (χ3v) is 4.06. The fourth-order valence-electron chi connectivity index (χ4n) is 2.62. The van der Waals surface area contributed by atoms with E-state index < -0.39 is 35.1 Å². The van der Waals surface area contributed by atoms with Gasteiger partial charge in [-0.1, -0.05) is 12.1 Å². The van der Waals surface area contributed by atoms with Crippen LogP contribution in [-0.4, -0.2) is 15.6 Å². The molecule has 11 heteroatoms. The molecule has 158 valence electrons. The van der Waals surface area contributed by atoms with Crippen LogP contribution in [0.2, 0.25) is 0 Å². The predicted molar refractivity (Wildman–Crippen MR) is 94.7 cm³/mol. The molecule has 0 unspecified atom stereocenters. The normalized spacial score (nSPS) is 12.0. The highest BCUT2D eigenvalue weighted by atomic mass is 19.4. The lowest BCUT2D eigenvalue weighted by Gasteiger charge is -2.16. The number of hydrogen-bond donors (Lipinski definition) is 1. The van der Waals surface area contributed by atoms with Crippen LogP contribution in [0.15, 0.2) is 55.0 Å². The lowest BCUT2D eigenvalue weighted by Crippen LogP contribution is -2.17. The van der Waals surface area contributed by atoms with Crippen LogP contribution in [-0.2, 0) is 19.4 Å². The molecule has 0 saturated carbocycles. The molecular weight excluding hydrogens is 416 g/mol. The van der Waals surface area contributed by atoms with Crippen LogP contribution in [0.25, 0.3) is 11.1 Å². The van der Waals surface area contributed by atoms with Crippen LogP contribution in [0.5, 0.6) is 5.88 Å². The summed E-state index contributed by atoms with van der Waals surface area (Å²) in [4.78, 5) is 15.6. The van der Waals surface area contributed by atoms with Gasteiger partial charge < -0.3 is 9.30 Å². The van der Waals surface area contributed by atoms with Crippen LogP contribution >= 0.6 is 0 Å². The topological polar surface area (TPSA) is 56.2 Å². The van der Waals surface area contributed by atoms with Crippen LogP contribution in [0.3, 0.4) is 0 Å². The van der Waals surface area contributed by atoms with Gasteiger partial charge in [0, 0.05) is 12.7 Å². The molecule has 0 aliphatic rings. The minimum absolute atomic E-state index is 0.0982. The van der Waals surface area contributed by atoms with E-state index in [1.54, 1.807) is 7.05 Å². The summed E-state index contributed by atoms with van der Waals surface area (Å²) >= 11 is 0. The number of alkyl halides is 6. The number of imidazole rings is 1. The van der Waals surface area contributed by atoms with Gasteiger partial charge in [-0.3, -0.25) is 5.32 Å². The van der Waals surface area contributed by atoms with Gasteiger partial charge in [0.15, 0.2) is 0 Å². The fourth-order valence-corrected chi connectivity index (χ4v) is 2.62. The van der Waals surface area contributed by atoms with Crippen molar-refractivity contribution in [2.75, 3.05) is 5.32 Å². The highest BCUT2D eigenvalue weighted by Gasteiger charge is 2.37. The molecule has 3 aromatic rings. The van der Waals surface area contributed by atoms with Gasteiger partial charge in [-0.2, -0.15) is 26.3 Å². The van der Waals surface area contributed by atoms with Gasteiger partial charge in [0.2, 0.25) is 5.88 Å². The Morgan fingerprint density at radius 2 is 1.67 bits per heavy atom. The van der Waals surface area contributed by atoms with E-state index in [1.165, 1.54) is 41.4 Å². The van der Waals surface area contributed by atoms with E-state index in [2.05, 4.69) is 10.3 Å². The van der Waals surface area contributed by atoms with E-state index in [0.29, 0.717) is 18.2 Å². The molecule has 0 aliphatic carbocycles. The number of halogens is 6. The minimum atomic E-state index is -4.84. The molecule has 3 rings (SSSR count). The maximum atomic E-state index is 13.3. The number of nitrogens with zero attached hydrogens (tertiary/aromatic N) is 2. The number of nitrogens with one attached hydrogen (secondary N) is 1. The fraction of sp³-hybridized carbons (Fsp3) is 0.158. The second-order valence-corrected chi connectivity index (χ2v) is 6.19. The Kier molecular flexibility index (Phi) is 5.47. The maximum absolute atomic E-state index is 13.3. The SMILES string of the molecule is Cn1cncc1OC(=O)Nc1ccc(-c2cc(C(F)(F)F)ccc2C(F)(F)F)cc1. The number of carbonyl (C=O) groups is 1. The first-order chi connectivity index (χ1) is 13.9. The molecule has 0 fully saturated rings. The molecular formula is C19H13F6N3O2. The number of aryl methyl sites for hydroxylation is 1. The van der Waals surface area contributed by atoms with E-state index in [9.17, 15) is 31.1 Å². The molecule has 1 heterocycles. The zero-order valence-electron chi connectivity index (χ0n) is 15.2. The number of aromatic nitrogens is 2. The highest BCUT2D eigenvalue weighted by molar-refractivity contribution is 5.86. The Morgan fingerprint density at radius 3 is 2.20 bits per heavy atom. The summed E-state index contributed by atoms with van der Waals surface area (Å²) in [6.45, 7) is 0. The molecule has 0 atom stereocenters. The van der Waals surface area contributed by atoms with E-state index in [-0.39, 0.29) is 17.1 Å². The third-order valence-electron chi connectivity index (χ3n) is 4.06. The van der Waals surface area contributed by atoms with Crippen LogP contribution in [0, 0.1) is 0 Å². The maximum Gasteiger partial charge on any atom is 0.418 e. The molecule has 2 aromatic carbocycles. The van der Waals surface area contributed by atoms with Gasteiger partial charge >= 0.3 is 18.4 Å². The quantitative estimate of drug-likeness (QED) is 0.541. The van der Waals surface area contributed by atoms with Crippen molar-refractivity contribution in [3.8, 4) is 17.0 Å². The predicted octanol–water partition coefficient (Wildman–Crippen LogP) is 5.74. The van der Waals surface area contributed by atoms with Gasteiger partial charge in [0.05, 0.1) is 23.7 Å². The van der Waals surface area contributed by atoms with Crippen molar-refractivity contribution in [2.45, 2.75) is 12.4 Å². The van der Waals surface area contributed by atoms with Crippen molar-refractivity contribution in [3.05, 3.63) is 66.1 Å². The van der Waals surface area contributed by atoms with Gasteiger partial charge in [-0.05, 0) is 41.5 Å². The minimum Gasteiger partial charge on any atom is -0.391 e. The van der Waals surface area contributed by atoms with Crippen molar-refractivity contribution < 1.29 is 35.9 Å². The lowest BCUT2D eigenvalue weighted by molar-refractivity contribution is -0.141. The summed E-state index contributed by atoms with van der Waals surface area (Å²) in [7, 11) is 1.59. The van der Waals surface area contributed by atoms with Crippen LogP contribution < -0.4 is 10.1 Å². The standard InChI is InChI=1S/C19H13F6N3O2/c1-28-10-26-9-16(28)30-17(29)27-13-5-2-11(3-6-13)14-8-12(18(20,21)22)4-7-15(14)19(23,24)25/h2-10H,1H3,(H,27,29). The Labute approximate surface area is 165 Å². The van der Waals surface area contributed by atoms with Crippen molar-refractivity contribution in [3.63, 3.8) is 0 Å². The van der Waals surface area contributed by atoms with Crippen molar-refractivity contribution in [1.82, 2.24) is 9.55 Å². The van der Waals surface area contributed by atoms with Crippen molar-refractivity contribution >= 4 is 11.8 Å². The number of rotatable bonds is 3. The molecule has 0 saturated heterocycles. The van der Waals surface area contributed by atoms with Gasteiger partial charge in [0.25, 0.3) is 0 Å². The summed E-state index contributed by atoms with van der Waals surface area (Å²) in [6, 6.07) is 6.07. The summed E-state index contributed by atoms with van der Waals surface area (Å²) in [5.74, 6) is 0.155. The number of carbonyl (C=O) groups excluding carboxylic acids is 1. The summed E-state index contributed by atoms with van der Waals surface area (Å²) in [5, 5.41) is 2.36. The first kappa shape index (κ1) is 21.2. The third kappa shape index (κ3) is 4.73. The lowest BCUT2D eigenvalue weighted by atomic mass is 9.96. The van der Waals surface area contributed by atoms with Crippen LogP contribution in [0.1, 0.15) is 11.1 Å². The largest absolute Gasteiger partial charge is 0.418 e. The number of benzene rings is 2. The number of amides is 1. The molecule has 5 nitrogen and oxygen atoms in total. The van der Waals surface area contributed by atoms with E-state index in [1.807, 2.05) is 0 Å². The second-order valence-electron chi connectivity index (χ2n) is 6.19. The average Bonchev–Trinajstić information content (AvgIpc) is 3.05. The smallest absolute Gasteiger partial charge is 0.391 e. The van der Waals surface area contributed by atoms with Crippen LogP contribution in [0.4, 0.5) is 36.8 Å². The zero-order chi connectivity index (χ0) is 22.1. The Balaban J connectivity index is 1.86. The highest BCUT2D eigenvalue weighted by Crippen LogP contribution is 2.40. The van der Waals surface area contributed by atoms with Gasteiger partial charge in [-0.25, -0.2) is 9.78 Å². The number of anilines is 1. The molecule has 0 radical (unpaired) electrons. The molecule has 30 heavy (non-hydrogen) atoms. The first-order valence-corrected chi connectivity index (χ1v) is 8.29. The Morgan fingerprint density at radius 1 is 1.00 bits per heavy atom. The molecule has 1 aromatic heterocycles. The molecule has 1 amide bonds. The molecule has 0 spiro atoms. The Bertz CT molecular complexity index is 1060. The summed E-state index contributed by atoms with van der Waals surface area (Å²) in [5.41, 5.74) is -2.95. The molecule has 0 bridgehead atoms. The number of hydrogen-bond acceptors (Lipinski definition) is 3. The average molecular weight is 429 g/mol. The Hall–Kier alpha value is -3.50. The molecule has 0 aliphatic heterocycles. The zero-order valence-corrected chi connectivity index (χ0v) is 15.2.